The van der Waals surface area contributed by atoms with E-state index in [1.165, 1.54) is 13.2 Å². The molecule has 0 bridgehead atoms. The van der Waals surface area contributed by atoms with Crippen molar-refractivity contribution < 1.29 is 19.2 Å². The number of Topliss-reactive ketones (excluding diaryl/α,β-unsaturated/α-hetero) is 1. The summed E-state index contributed by atoms with van der Waals surface area (Å²) < 4.78 is 10.9. The average molecular weight is 348 g/mol. The lowest BCUT2D eigenvalue weighted by atomic mass is 10.0. The Bertz CT molecular complexity index is 684. The molecule has 2 rings (SSSR count). The highest BCUT2D eigenvalue weighted by Crippen LogP contribution is 2.39. The molecule has 0 N–H and O–H groups in total. The van der Waals surface area contributed by atoms with Crippen LogP contribution in [0, 0.1) is 10.1 Å². The molecule has 1 aromatic rings. The first kappa shape index (κ1) is 18.9. The number of ketones is 1. The second-order valence-electron chi connectivity index (χ2n) is 6.11. The molecule has 1 fully saturated rings. The standard InChI is InChI=1S/C18H24N2O5/c1-4-5-8-25-18-15(20(22)23)10-13(11-17(18)24-3)9-14-12-19(2)7-6-16(14)21/h9-11H,4-8,12H2,1-3H3/b14-9+. The quantitative estimate of drug-likeness (QED) is 0.326. The Kier molecular flexibility index (Phi) is 6.52. The summed E-state index contributed by atoms with van der Waals surface area (Å²) in [5, 5.41) is 11.5. The molecule has 136 valence electrons. The Morgan fingerprint density at radius 1 is 1.40 bits per heavy atom. The van der Waals surface area contributed by atoms with Gasteiger partial charge in [0.15, 0.2) is 11.5 Å². The van der Waals surface area contributed by atoms with Crippen LogP contribution in [0.1, 0.15) is 31.7 Å². The average Bonchev–Trinajstić information content (AvgIpc) is 2.58. The SMILES string of the molecule is CCCCOc1c(OC)cc(/C=C2\CN(C)CCC2=O)cc1[N+](=O)[O-]. The van der Waals surface area contributed by atoms with Crippen molar-refractivity contribution in [3.63, 3.8) is 0 Å². The van der Waals surface area contributed by atoms with Crippen molar-refractivity contribution in [1.29, 1.82) is 0 Å². The minimum atomic E-state index is -0.485. The van der Waals surface area contributed by atoms with Crippen molar-refractivity contribution in [2.24, 2.45) is 0 Å². The summed E-state index contributed by atoms with van der Waals surface area (Å²) in [6.45, 7) is 3.66. The normalized spacial score (nSPS) is 16.9. The molecule has 0 aromatic heterocycles. The molecule has 0 saturated carbocycles. The van der Waals surface area contributed by atoms with Gasteiger partial charge in [0.2, 0.25) is 5.75 Å². The van der Waals surface area contributed by atoms with Gasteiger partial charge in [-0.2, -0.15) is 0 Å². The number of methoxy groups -OCH3 is 1. The van der Waals surface area contributed by atoms with E-state index in [-0.39, 0.29) is 17.2 Å². The molecule has 1 aromatic carbocycles. The lowest BCUT2D eigenvalue weighted by Gasteiger charge is -2.23. The van der Waals surface area contributed by atoms with E-state index in [2.05, 4.69) is 0 Å². The molecular formula is C18H24N2O5. The molecule has 0 spiro atoms. The predicted molar refractivity (Wildman–Crippen MR) is 95.1 cm³/mol. The zero-order chi connectivity index (χ0) is 18.4. The fraction of sp³-hybridized carbons (Fsp3) is 0.500. The third-order valence-electron chi connectivity index (χ3n) is 4.08. The Hall–Kier alpha value is -2.41. The number of benzene rings is 1. The van der Waals surface area contributed by atoms with Crippen LogP contribution >= 0.6 is 0 Å². The van der Waals surface area contributed by atoms with Gasteiger partial charge in [-0.15, -0.1) is 0 Å². The van der Waals surface area contributed by atoms with Gasteiger partial charge in [-0.05, 0) is 31.2 Å². The molecular weight excluding hydrogens is 324 g/mol. The van der Waals surface area contributed by atoms with Crippen LogP contribution in [0.3, 0.4) is 0 Å². The smallest absolute Gasteiger partial charge is 0.315 e. The van der Waals surface area contributed by atoms with Crippen LogP contribution in [0.2, 0.25) is 0 Å². The molecule has 0 amide bonds. The number of ether oxygens (including phenoxy) is 2. The first-order chi connectivity index (χ1) is 12.0. The lowest BCUT2D eigenvalue weighted by molar-refractivity contribution is -0.386. The third kappa shape index (κ3) is 4.79. The van der Waals surface area contributed by atoms with Crippen molar-refractivity contribution in [1.82, 2.24) is 4.90 Å². The number of nitrogens with zero attached hydrogens (tertiary/aromatic N) is 2. The number of unbranched alkanes of at least 4 members (excludes halogenated alkanes) is 1. The van der Waals surface area contributed by atoms with Gasteiger partial charge in [-0.1, -0.05) is 13.3 Å². The van der Waals surface area contributed by atoms with Crippen molar-refractivity contribution in [3.8, 4) is 11.5 Å². The molecule has 0 radical (unpaired) electrons. The number of nitro groups is 1. The van der Waals surface area contributed by atoms with Crippen LogP contribution in [0.5, 0.6) is 11.5 Å². The Morgan fingerprint density at radius 2 is 2.16 bits per heavy atom. The summed E-state index contributed by atoms with van der Waals surface area (Å²) in [6, 6.07) is 3.10. The van der Waals surface area contributed by atoms with Crippen molar-refractivity contribution >= 4 is 17.5 Å². The topological polar surface area (TPSA) is 81.9 Å². The van der Waals surface area contributed by atoms with Crippen molar-refractivity contribution in [2.75, 3.05) is 33.9 Å². The minimum absolute atomic E-state index is 0.0722. The molecule has 1 aliphatic heterocycles. The number of rotatable bonds is 7. The lowest BCUT2D eigenvalue weighted by Crippen LogP contribution is -2.32. The maximum absolute atomic E-state index is 12.1. The molecule has 0 unspecified atom stereocenters. The van der Waals surface area contributed by atoms with Gasteiger partial charge in [0.1, 0.15) is 0 Å². The number of likely N-dealkylation sites (N-methyl/N-ethyl adjacent to an activating group) is 1. The number of nitro benzene ring substituents is 1. The Balaban J connectivity index is 2.41. The van der Waals surface area contributed by atoms with Crippen LogP contribution in [-0.2, 0) is 4.79 Å². The predicted octanol–water partition coefficient (Wildman–Crippen LogP) is 3.07. The zero-order valence-electron chi connectivity index (χ0n) is 14.9. The van der Waals surface area contributed by atoms with Gasteiger partial charge in [0, 0.05) is 31.1 Å². The van der Waals surface area contributed by atoms with Crippen LogP contribution in [-0.4, -0.2) is 49.5 Å². The van der Waals surface area contributed by atoms with Crippen molar-refractivity contribution in [2.45, 2.75) is 26.2 Å². The highest BCUT2D eigenvalue weighted by Gasteiger charge is 2.23. The summed E-state index contributed by atoms with van der Waals surface area (Å²) in [5.74, 6) is 0.506. The van der Waals surface area contributed by atoms with E-state index >= 15 is 0 Å². The number of hydrogen-bond acceptors (Lipinski definition) is 6. The second-order valence-corrected chi connectivity index (χ2v) is 6.11. The number of carbonyl (C=O) groups is 1. The van der Waals surface area contributed by atoms with Crippen LogP contribution < -0.4 is 9.47 Å². The molecule has 25 heavy (non-hydrogen) atoms. The van der Waals surface area contributed by atoms with E-state index in [4.69, 9.17) is 9.47 Å². The highest BCUT2D eigenvalue weighted by molar-refractivity contribution is 6.00. The van der Waals surface area contributed by atoms with E-state index in [1.807, 2.05) is 18.9 Å². The Labute approximate surface area is 147 Å². The van der Waals surface area contributed by atoms with E-state index in [0.29, 0.717) is 36.5 Å². The molecule has 1 heterocycles. The molecule has 7 heteroatoms. The van der Waals surface area contributed by atoms with Gasteiger partial charge in [-0.25, -0.2) is 0 Å². The maximum atomic E-state index is 12.1. The summed E-state index contributed by atoms with van der Waals surface area (Å²) >= 11 is 0. The monoisotopic (exact) mass is 348 g/mol. The van der Waals surface area contributed by atoms with Crippen LogP contribution in [0.15, 0.2) is 17.7 Å². The number of carbonyl (C=O) groups excluding carboxylic acids is 1. The van der Waals surface area contributed by atoms with Crippen LogP contribution in [0.25, 0.3) is 6.08 Å². The molecule has 1 aliphatic rings. The van der Waals surface area contributed by atoms with Gasteiger partial charge in [0.05, 0.1) is 18.6 Å². The summed E-state index contributed by atoms with van der Waals surface area (Å²) in [5.41, 5.74) is 1.05. The highest BCUT2D eigenvalue weighted by atomic mass is 16.6. The van der Waals surface area contributed by atoms with Gasteiger partial charge in [0.25, 0.3) is 0 Å². The summed E-state index contributed by atoms with van der Waals surface area (Å²) in [7, 11) is 3.39. The molecule has 1 saturated heterocycles. The minimum Gasteiger partial charge on any atom is -0.493 e. The van der Waals surface area contributed by atoms with Gasteiger partial charge in [-0.3, -0.25) is 14.9 Å². The Morgan fingerprint density at radius 3 is 2.80 bits per heavy atom. The fourth-order valence-corrected chi connectivity index (χ4v) is 2.68. The number of hydrogen-bond donors (Lipinski definition) is 0. The number of likely N-dealkylation sites (tertiary alicyclic amines) is 1. The summed E-state index contributed by atoms with van der Waals surface area (Å²) in [6.07, 6.45) is 3.88. The van der Waals surface area contributed by atoms with E-state index in [1.54, 1.807) is 12.1 Å². The second kappa shape index (κ2) is 8.62. The molecule has 0 atom stereocenters. The maximum Gasteiger partial charge on any atom is 0.315 e. The largest absolute Gasteiger partial charge is 0.493 e. The van der Waals surface area contributed by atoms with Gasteiger partial charge < -0.3 is 14.4 Å². The third-order valence-corrected chi connectivity index (χ3v) is 4.08. The van der Waals surface area contributed by atoms with E-state index in [0.717, 1.165) is 19.4 Å². The summed E-state index contributed by atoms with van der Waals surface area (Å²) in [4.78, 5) is 25.1. The fourth-order valence-electron chi connectivity index (χ4n) is 2.68. The zero-order valence-corrected chi connectivity index (χ0v) is 14.9. The van der Waals surface area contributed by atoms with Gasteiger partial charge >= 0.3 is 5.69 Å². The molecule has 0 aliphatic carbocycles. The van der Waals surface area contributed by atoms with Crippen LogP contribution in [0.4, 0.5) is 5.69 Å². The first-order valence-electron chi connectivity index (χ1n) is 8.37. The molecule has 7 nitrogen and oxygen atoms in total. The number of piperidine rings is 1. The first-order valence-corrected chi connectivity index (χ1v) is 8.37. The van der Waals surface area contributed by atoms with E-state index in [9.17, 15) is 14.9 Å². The van der Waals surface area contributed by atoms with E-state index < -0.39 is 4.92 Å². The van der Waals surface area contributed by atoms with Crippen molar-refractivity contribution in [3.05, 3.63) is 33.4 Å².